The number of nitrogens with zero attached hydrogens (tertiary/aromatic N) is 1. The first-order valence-corrected chi connectivity index (χ1v) is 10.2. The van der Waals surface area contributed by atoms with Crippen LogP contribution in [0.25, 0.3) is 0 Å². The van der Waals surface area contributed by atoms with Gasteiger partial charge in [0.05, 0.1) is 12.7 Å². The van der Waals surface area contributed by atoms with Crippen molar-refractivity contribution in [2.75, 3.05) is 26.8 Å². The minimum Gasteiger partial charge on any atom is -0.381 e. The molecule has 0 spiro atoms. The summed E-state index contributed by atoms with van der Waals surface area (Å²) in [5.74, 6) is 0.541. The van der Waals surface area contributed by atoms with Crippen LogP contribution in [-0.2, 0) is 29.0 Å². The third kappa shape index (κ3) is 7.48. The maximum absolute atomic E-state index is 13.0. The first-order valence-electron chi connectivity index (χ1n) is 10.2. The predicted molar refractivity (Wildman–Crippen MR) is 113 cm³/mol. The summed E-state index contributed by atoms with van der Waals surface area (Å²) in [6.07, 6.45) is 3.09. The van der Waals surface area contributed by atoms with Crippen molar-refractivity contribution >= 4 is 5.96 Å². The molecular weight excluding hydrogens is 369 g/mol. The van der Waals surface area contributed by atoms with E-state index in [0.29, 0.717) is 19.3 Å². The van der Waals surface area contributed by atoms with Crippen LogP contribution in [-0.4, -0.2) is 38.9 Å². The van der Waals surface area contributed by atoms with E-state index in [1.54, 1.807) is 19.2 Å². The molecule has 29 heavy (non-hydrogen) atoms. The fourth-order valence-electron chi connectivity index (χ4n) is 3.19. The quantitative estimate of drug-likeness (QED) is 0.528. The number of hydrogen-bond donors (Lipinski definition) is 2. The van der Waals surface area contributed by atoms with Crippen LogP contribution in [0, 0.1) is 5.82 Å². The Kier molecular flexibility index (Phi) is 8.46. The minimum absolute atomic E-state index is 0.208. The molecule has 2 aromatic rings. The fourth-order valence-corrected chi connectivity index (χ4v) is 3.19. The predicted octanol–water partition coefficient (Wildman–Crippen LogP) is 3.43. The van der Waals surface area contributed by atoms with Gasteiger partial charge in [-0.15, -0.1) is 0 Å². The highest BCUT2D eigenvalue weighted by molar-refractivity contribution is 5.79. The second-order valence-corrected chi connectivity index (χ2v) is 7.17. The SMILES string of the molecule is CN=C(NCCc1ccc(F)cc1)NCc1ccc(COC2CCOCC2)cc1. The monoisotopic (exact) mass is 399 g/mol. The molecule has 156 valence electrons. The van der Waals surface area contributed by atoms with Gasteiger partial charge in [0.2, 0.25) is 0 Å². The van der Waals surface area contributed by atoms with Gasteiger partial charge in [-0.1, -0.05) is 36.4 Å². The Morgan fingerprint density at radius 2 is 1.66 bits per heavy atom. The Bertz CT molecular complexity index is 757. The number of hydrogen-bond acceptors (Lipinski definition) is 3. The van der Waals surface area contributed by atoms with Gasteiger partial charge in [-0.25, -0.2) is 4.39 Å². The van der Waals surface area contributed by atoms with E-state index in [9.17, 15) is 4.39 Å². The van der Waals surface area contributed by atoms with Crippen molar-refractivity contribution in [1.82, 2.24) is 10.6 Å². The lowest BCUT2D eigenvalue weighted by molar-refractivity contribution is -0.0390. The van der Waals surface area contributed by atoms with E-state index < -0.39 is 0 Å². The van der Waals surface area contributed by atoms with Crippen LogP contribution in [0.3, 0.4) is 0 Å². The van der Waals surface area contributed by atoms with Crippen LogP contribution in [0.15, 0.2) is 53.5 Å². The van der Waals surface area contributed by atoms with Crippen LogP contribution in [0.5, 0.6) is 0 Å². The second-order valence-electron chi connectivity index (χ2n) is 7.17. The first kappa shape index (κ1) is 21.3. The zero-order valence-electron chi connectivity index (χ0n) is 17.0. The molecule has 0 aliphatic carbocycles. The molecule has 1 aliphatic heterocycles. The number of benzene rings is 2. The lowest BCUT2D eigenvalue weighted by atomic mass is 10.1. The number of rotatable bonds is 8. The summed E-state index contributed by atoms with van der Waals surface area (Å²) in [6, 6.07) is 15.0. The van der Waals surface area contributed by atoms with Crippen LogP contribution in [0.4, 0.5) is 4.39 Å². The molecule has 6 heteroatoms. The van der Waals surface area contributed by atoms with Crippen molar-refractivity contribution in [2.24, 2.45) is 4.99 Å². The molecule has 2 aromatic carbocycles. The maximum atomic E-state index is 13.0. The molecule has 1 fully saturated rings. The Morgan fingerprint density at radius 1 is 1.00 bits per heavy atom. The Hall–Kier alpha value is -2.44. The van der Waals surface area contributed by atoms with E-state index in [1.165, 1.54) is 23.3 Å². The summed E-state index contributed by atoms with van der Waals surface area (Å²) in [5, 5.41) is 6.60. The van der Waals surface area contributed by atoms with Crippen LogP contribution in [0.1, 0.15) is 29.5 Å². The average molecular weight is 400 g/mol. The summed E-state index contributed by atoms with van der Waals surface area (Å²) in [6.45, 7) is 3.67. The third-order valence-corrected chi connectivity index (χ3v) is 4.98. The van der Waals surface area contributed by atoms with Gasteiger partial charge in [0.1, 0.15) is 5.82 Å². The zero-order chi connectivity index (χ0) is 20.3. The maximum Gasteiger partial charge on any atom is 0.191 e. The van der Waals surface area contributed by atoms with Gasteiger partial charge in [0.15, 0.2) is 5.96 Å². The van der Waals surface area contributed by atoms with Crippen LogP contribution in [0.2, 0.25) is 0 Å². The molecule has 2 N–H and O–H groups in total. The topological polar surface area (TPSA) is 54.9 Å². The van der Waals surface area contributed by atoms with E-state index in [2.05, 4.69) is 39.9 Å². The Morgan fingerprint density at radius 3 is 2.34 bits per heavy atom. The normalized spacial score (nSPS) is 15.3. The van der Waals surface area contributed by atoms with Gasteiger partial charge in [0.25, 0.3) is 0 Å². The lowest BCUT2D eigenvalue weighted by Crippen LogP contribution is -2.37. The number of aliphatic imine (C=N–C) groups is 1. The van der Waals surface area contributed by atoms with Gasteiger partial charge in [-0.2, -0.15) is 0 Å². The van der Waals surface area contributed by atoms with Gasteiger partial charge in [-0.05, 0) is 48.1 Å². The lowest BCUT2D eigenvalue weighted by Gasteiger charge is -2.22. The summed E-state index contributed by atoms with van der Waals surface area (Å²) < 4.78 is 24.3. The summed E-state index contributed by atoms with van der Waals surface area (Å²) in [7, 11) is 1.75. The smallest absolute Gasteiger partial charge is 0.191 e. The highest BCUT2D eigenvalue weighted by atomic mass is 19.1. The van der Waals surface area contributed by atoms with Crippen molar-refractivity contribution in [3.63, 3.8) is 0 Å². The van der Waals surface area contributed by atoms with Crippen LogP contribution < -0.4 is 10.6 Å². The van der Waals surface area contributed by atoms with Crippen molar-refractivity contribution in [3.05, 3.63) is 71.0 Å². The number of nitrogens with one attached hydrogen (secondary N) is 2. The standard InChI is InChI=1S/C23H30FN3O2/c1-25-23(26-13-10-18-6-8-21(24)9-7-18)27-16-19-2-4-20(5-3-19)17-29-22-11-14-28-15-12-22/h2-9,22H,10-17H2,1H3,(H2,25,26,27). The largest absolute Gasteiger partial charge is 0.381 e. The highest BCUT2D eigenvalue weighted by Crippen LogP contribution is 2.14. The molecule has 1 aliphatic rings. The van der Waals surface area contributed by atoms with Crippen LogP contribution >= 0.6 is 0 Å². The van der Waals surface area contributed by atoms with E-state index in [1.807, 2.05) is 0 Å². The molecule has 0 radical (unpaired) electrons. The van der Waals surface area contributed by atoms with E-state index in [-0.39, 0.29) is 5.82 Å². The van der Waals surface area contributed by atoms with E-state index in [4.69, 9.17) is 9.47 Å². The van der Waals surface area contributed by atoms with E-state index in [0.717, 1.165) is 50.5 Å². The molecule has 0 saturated carbocycles. The van der Waals surface area contributed by atoms with Gasteiger partial charge >= 0.3 is 0 Å². The minimum atomic E-state index is -0.208. The summed E-state index contributed by atoms with van der Waals surface area (Å²) >= 11 is 0. The molecule has 5 nitrogen and oxygen atoms in total. The molecule has 0 bridgehead atoms. The Labute approximate surface area is 172 Å². The molecule has 0 aromatic heterocycles. The van der Waals surface area contributed by atoms with Crippen molar-refractivity contribution in [2.45, 2.75) is 38.5 Å². The van der Waals surface area contributed by atoms with Gasteiger partial charge < -0.3 is 20.1 Å². The summed E-state index contributed by atoms with van der Waals surface area (Å²) in [5.41, 5.74) is 3.45. The Balaban J connectivity index is 1.36. The third-order valence-electron chi connectivity index (χ3n) is 4.98. The molecule has 3 rings (SSSR count). The van der Waals surface area contributed by atoms with Crippen molar-refractivity contribution in [1.29, 1.82) is 0 Å². The second kappa shape index (κ2) is 11.5. The average Bonchev–Trinajstić information content (AvgIpc) is 2.77. The summed E-state index contributed by atoms with van der Waals surface area (Å²) in [4.78, 5) is 4.25. The molecular formula is C23H30FN3O2. The van der Waals surface area contributed by atoms with Gasteiger partial charge in [-0.3, -0.25) is 4.99 Å². The fraction of sp³-hybridized carbons (Fsp3) is 0.435. The number of halogens is 1. The first-order chi connectivity index (χ1) is 14.2. The molecule has 1 saturated heterocycles. The number of guanidine groups is 1. The van der Waals surface area contributed by atoms with Crippen molar-refractivity contribution < 1.29 is 13.9 Å². The van der Waals surface area contributed by atoms with Gasteiger partial charge in [0, 0.05) is 33.4 Å². The molecule has 0 unspecified atom stereocenters. The zero-order valence-corrected chi connectivity index (χ0v) is 17.0. The number of ether oxygens (including phenoxy) is 2. The van der Waals surface area contributed by atoms with Crippen molar-refractivity contribution in [3.8, 4) is 0 Å². The highest BCUT2D eigenvalue weighted by Gasteiger charge is 2.13. The molecule has 0 amide bonds. The molecule has 0 atom stereocenters. The van der Waals surface area contributed by atoms with E-state index >= 15 is 0 Å². The molecule has 1 heterocycles.